The highest BCUT2D eigenvalue weighted by molar-refractivity contribution is 14.1. The van der Waals surface area contributed by atoms with E-state index in [9.17, 15) is 9.59 Å². The Hall–Kier alpha value is -1.11. The van der Waals surface area contributed by atoms with Crippen LogP contribution in [0.25, 0.3) is 0 Å². The van der Waals surface area contributed by atoms with E-state index in [4.69, 9.17) is 5.11 Å². The van der Waals surface area contributed by atoms with Crippen molar-refractivity contribution in [2.24, 2.45) is 5.92 Å². The molecule has 1 aromatic carbocycles. The minimum Gasteiger partial charge on any atom is -0.481 e. The molecule has 0 bridgehead atoms. The summed E-state index contributed by atoms with van der Waals surface area (Å²) in [6.07, 6.45) is 2.32. The van der Waals surface area contributed by atoms with E-state index < -0.39 is 5.97 Å². The summed E-state index contributed by atoms with van der Waals surface area (Å²) >= 11 is 2.22. The number of hydrogen-bond acceptors (Lipinski definition) is 2. The number of carbonyl (C=O) groups excluding carboxylic acids is 1. The molecule has 1 aliphatic carbocycles. The van der Waals surface area contributed by atoms with Crippen molar-refractivity contribution in [1.29, 1.82) is 0 Å². The molecular weight excluding hydrogens is 357 g/mol. The van der Waals surface area contributed by atoms with Crippen LogP contribution in [-0.2, 0) is 16.0 Å². The molecule has 0 unspecified atom stereocenters. The molecular formula is C14H16INO3. The Balaban J connectivity index is 1.84. The molecule has 1 amide bonds. The predicted octanol–water partition coefficient (Wildman–Crippen LogP) is 2.20. The van der Waals surface area contributed by atoms with Crippen LogP contribution in [0.5, 0.6) is 0 Å². The quantitative estimate of drug-likeness (QED) is 0.796. The van der Waals surface area contributed by atoms with Gasteiger partial charge in [-0.3, -0.25) is 9.59 Å². The first-order valence-electron chi connectivity index (χ1n) is 6.31. The summed E-state index contributed by atoms with van der Waals surface area (Å²) in [6, 6.07) is 7.83. The third-order valence-electron chi connectivity index (χ3n) is 3.40. The number of benzene rings is 1. The molecule has 5 heteroatoms. The van der Waals surface area contributed by atoms with E-state index in [1.54, 1.807) is 0 Å². The second kappa shape index (κ2) is 6.36. The third kappa shape index (κ3) is 4.19. The lowest BCUT2D eigenvalue weighted by Crippen LogP contribution is -2.34. The molecule has 1 aromatic rings. The Morgan fingerprint density at radius 2 is 2.16 bits per heavy atom. The molecule has 0 aromatic heterocycles. The highest BCUT2D eigenvalue weighted by Crippen LogP contribution is 2.25. The Kier molecular flexibility index (Phi) is 4.79. The minimum atomic E-state index is -0.755. The molecule has 19 heavy (non-hydrogen) atoms. The van der Waals surface area contributed by atoms with Crippen molar-refractivity contribution >= 4 is 34.5 Å². The second-order valence-electron chi connectivity index (χ2n) is 4.92. The van der Waals surface area contributed by atoms with Gasteiger partial charge >= 0.3 is 5.97 Å². The molecule has 4 nitrogen and oxygen atoms in total. The maximum absolute atomic E-state index is 11.9. The van der Waals surface area contributed by atoms with Gasteiger partial charge in [0.05, 0.1) is 12.3 Å². The van der Waals surface area contributed by atoms with Gasteiger partial charge in [-0.15, -0.1) is 0 Å². The number of carboxylic acid groups (broad SMARTS) is 1. The summed E-state index contributed by atoms with van der Waals surface area (Å²) in [5.74, 6) is -1.09. The fourth-order valence-electron chi connectivity index (χ4n) is 2.45. The SMILES string of the molecule is O=C(Cc1cccc(I)c1)N[C@H]1CC[C@@H](C(=O)O)C1. The molecule has 2 rings (SSSR count). The first-order valence-corrected chi connectivity index (χ1v) is 7.39. The van der Waals surface area contributed by atoms with E-state index in [0.717, 1.165) is 15.6 Å². The molecule has 2 N–H and O–H groups in total. The van der Waals surface area contributed by atoms with Gasteiger partial charge in [-0.25, -0.2) is 0 Å². The fourth-order valence-corrected chi connectivity index (χ4v) is 3.06. The van der Waals surface area contributed by atoms with Crippen molar-refractivity contribution in [2.75, 3.05) is 0 Å². The van der Waals surface area contributed by atoms with Crippen LogP contribution in [0.2, 0.25) is 0 Å². The van der Waals surface area contributed by atoms with Crippen LogP contribution in [0, 0.1) is 9.49 Å². The van der Waals surface area contributed by atoms with Crippen LogP contribution >= 0.6 is 22.6 Å². The third-order valence-corrected chi connectivity index (χ3v) is 4.07. The number of carbonyl (C=O) groups is 2. The number of nitrogens with one attached hydrogen (secondary N) is 1. The van der Waals surface area contributed by atoms with E-state index in [1.807, 2.05) is 24.3 Å². The first-order chi connectivity index (χ1) is 9.04. The van der Waals surface area contributed by atoms with Crippen LogP contribution in [-0.4, -0.2) is 23.0 Å². The average Bonchev–Trinajstić information content (AvgIpc) is 2.77. The highest BCUT2D eigenvalue weighted by Gasteiger charge is 2.30. The Labute approximate surface area is 125 Å². The number of rotatable bonds is 4. The van der Waals surface area contributed by atoms with Crippen molar-refractivity contribution in [1.82, 2.24) is 5.32 Å². The van der Waals surface area contributed by atoms with Crippen LogP contribution in [0.3, 0.4) is 0 Å². The maximum Gasteiger partial charge on any atom is 0.306 e. The van der Waals surface area contributed by atoms with E-state index in [2.05, 4.69) is 27.9 Å². The second-order valence-corrected chi connectivity index (χ2v) is 6.16. The fraction of sp³-hybridized carbons (Fsp3) is 0.429. The van der Waals surface area contributed by atoms with Gasteiger partial charge in [0.1, 0.15) is 0 Å². The molecule has 0 aliphatic heterocycles. The van der Waals surface area contributed by atoms with Gasteiger partial charge in [0.15, 0.2) is 0 Å². The Bertz CT molecular complexity index is 489. The zero-order valence-electron chi connectivity index (χ0n) is 10.4. The molecule has 1 aliphatic rings. The summed E-state index contributed by atoms with van der Waals surface area (Å²) in [5.41, 5.74) is 0.984. The smallest absolute Gasteiger partial charge is 0.306 e. The van der Waals surface area contributed by atoms with Crippen molar-refractivity contribution < 1.29 is 14.7 Å². The number of amides is 1. The zero-order chi connectivity index (χ0) is 13.8. The largest absolute Gasteiger partial charge is 0.481 e. The van der Waals surface area contributed by atoms with Gasteiger partial charge in [0.25, 0.3) is 0 Å². The van der Waals surface area contributed by atoms with Crippen LogP contribution < -0.4 is 5.32 Å². The highest BCUT2D eigenvalue weighted by atomic mass is 127. The molecule has 1 fully saturated rings. The summed E-state index contributed by atoms with van der Waals surface area (Å²) in [5, 5.41) is 11.8. The maximum atomic E-state index is 11.9. The molecule has 1 saturated carbocycles. The lowest BCUT2D eigenvalue weighted by atomic mass is 10.1. The zero-order valence-corrected chi connectivity index (χ0v) is 12.6. The average molecular weight is 373 g/mol. The molecule has 102 valence electrons. The summed E-state index contributed by atoms with van der Waals surface area (Å²) < 4.78 is 1.11. The van der Waals surface area contributed by atoms with Gasteiger partial charge in [0.2, 0.25) is 5.91 Å². The van der Waals surface area contributed by atoms with Crippen molar-refractivity contribution in [2.45, 2.75) is 31.7 Å². The van der Waals surface area contributed by atoms with Gasteiger partial charge in [-0.05, 0) is 59.5 Å². The van der Waals surface area contributed by atoms with Gasteiger partial charge in [-0.2, -0.15) is 0 Å². The molecule has 0 saturated heterocycles. The van der Waals surface area contributed by atoms with E-state index in [0.29, 0.717) is 19.3 Å². The molecule has 0 heterocycles. The molecule has 2 atom stereocenters. The number of aliphatic carboxylic acids is 1. The lowest BCUT2D eigenvalue weighted by molar-refractivity contribution is -0.141. The monoisotopic (exact) mass is 373 g/mol. The van der Waals surface area contributed by atoms with Crippen molar-refractivity contribution in [3.05, 3.63) is 33.4 Å². The van der Waals surface area contributed by atoms with Crippen LogP contribution in [0.1, 0.15) is 24.8 Å². The summed E-state index contributed by atoms with van der Waals surface area (Å²) in [6.45, 7) is 0. The normalized spacial score (nSPS) is 22.2. The van der Waals surface area contributed by atoms with Gasteiger partial charge < -0.3 is 10.4 Å². The standard InChI is InChI=1S/C14H16INO3/c15-11-3-1-2-9(6-11)7-13(17)16-12-5-4-10(8-12)14(18)19/h1-3,6,10,12H,4-5,7-8H2,(H,16,17)(H,18,19)/t10-,12+/m1/s1. The van der Waals surface area contributed by atoms with Crippen molar-refractivity contribution in [3.8, 4) is 0 Å². The summed E-state index contributed by atoms with van der Waals surface area (Å²) in [7, 11) is 0. The topological polar surface area (TPSA) is 66.4 Å². The Morgan fingerprint density at radius 3 is 2.79 bits per heavy atom. The molecule has 0 spiro atoms. The number of carboxylic acids is 1. The van der Waals surface area contributed by atoms with Crippen LogP contribution in [0.15, 0.2) is 24.3 Å². The van der Waals surface area contributed by atoms with Gasteiger partial charge in [0, 0.05) is 9.61 Å². The number of hydrogen-bond donors (Lipinski definition) is 2. The first kappa shape index (κ1) is 14.3. The van der Waals surface area contributed by atoms with Crippen molar-refractivity contribution in [3.63, 3.8) is 0 Å². The van der Waals surface area contributed by atoms with E-state index >= 15 is 0 Å². The summed E-state index contributed by atoms with van der Waals surface area (Å²) in [4.78, 5) is 22.7. The van der Waals surface area contributed by atoms with Gasteiger partial charge in [-0.1, -0.05) is 12.1 Å². The Morgan fingerprint density at radius 1 is 1.37 bits per heavy atom. The van der Waals surface area contributed by atoms with E-state index in [1.165, 1.54) is 0 Å². The lowest BCUT2D eigenvalue weighted by Gasteiger charge is -2.12. The number of halogens is 1. The van der Waals surface area contributed by atoms with E-state index in [-0.39, 0.29) is 17.9 Å². The van der Waals surface area contributed by atoms with Crippen LogP contribution in [0.4, 0.5) is 0 Å². The molecule has 0 radical (unpaired) electrons. The predicted molar refractivity (Wildman–Crippen MR) is 79.8 cm³/mol. The minimum absolute atomic E-state index is 0.0105.